The molecule has 0 bridgehead atoms. The minimum absolute atomic E-state index is 0.0551. The molecule has 0 fully saturated rings. The predicted octanol–water partition coefficient (Wildman–Crippen LogP) is 2.93. The molecule has 0 spiro atoms. The van der Waals surface area contributed by atoms with Crippen molar-refractivity contribution in [3.63, 3.8) is 0 Å². The Labute approximate surface area is 166 Å². The molecule has 7 nitrogen and oxygen atoms in total. The molecule has 156 valence electrons. The van der Waals surface area contributed by atoms with E-state index in [1.807, 2.05) is 41.5 Å². The van der Waals surface area contributed by atoms with E-state index in [4.69, 9.17) is 16.2 Å². The van der Waals surface area contributed by atoms with Gasteiger partial charge in [-0.05, 0) is 77.0 Å². The van der Waals surface area contributed by atoms with E-state index >= 15 is 0 Å². The van der Waals surface area contributed by atoms with Crippen molar-refractivity contribution in [2.24, 2.45) is 21.9 Å². The van der Waals surface area contributed by atoms with Gasteiger partial charge < -0.3 is 26.4 Å². The molecule has 6 N–H and O–H groups in total. The van der Waals surface area contributed by atoms with Crippen LogP contribution in [-0.4, -0.2) is 33.8 Å². The second-order valence-electron chi connectivity index (χ2n) is 8.21. The number of phenols is 1. The fraction of sp³-hybridized carbons (Fsp3) is 0.619. The molecule has 0 saturated heterocycles. The number of nitrogens with two attached hydrogens (primary N) is 2. The van der Waals surface area contributed by atoms with Crippen LogP contribution in [0.1, 0.15) is 62.3 Å². The zero-order valence-corrected chi connectivity index (χ0v) is 17.7. The number of guanidine groups is 1. The number of benzene rings is 1. The number of carboxylic acids is 1. The van der Waals surface area contributed by atoms with E-state index in [0.717, 1.165) is 22.3 Å². The lowest BCUT2D eigenvalue weighted by atomic mass is 9.64. The van der Waals surface area contributed by atoms with Crippen LogP contribution in [0.25, 0.3) is 0 Å². The van der Waals surface area contributed by atoms with Gasteiger partial charge in [-0.25, -0.2) is 0 Å². The van der Waals surface area contributed by atoms with Gasteiger partial charge in [0.25, 0.3) is 0 Å². The molecule has 7 heteroatoms. The molecule has 3 atom stereocenters. The van der Waals surface area contributed by atoms with E-state index in [2.05, 4.69) is 4.99 Å². The molecule has 1 aliphatic rings. The van der Waals surface area contributed by atoms with Crippen molar-refractivity contribution in [1.29, 1.82) is 0 Å². The van der Waals surface area contributed by atoms with Gasteiger partial charge >= 0.3 is 5.97 Å². The predicted molar refractivity (Wildman–Crippen MR) is 110 cm³/mol. The Morgan fingerprint density at radius 2 is 1.89 bits per heavy atom. The highest BCUT2D eigenvalue weighted by atomic mass is 16.5. The fourth-order valence-corrected chi connectivity index (χ4v) is 4.59. The van der Waals surface area contributed by atoms with Gasteiger partial charge in [0.2, 0.25) is 0 Å². The number of hydrogen-bond donors (Lipinski definition) is 4. The highest BCUT2D eigenvalue weighted by molar-refractivity contribution is 5.78. The van der Waals surface area contributed by atoms with E-state index in [1.165, 1.54) is 0 Å². The molecule has 1 aromatic carbocycles. The zero-order valence-electron chi connectivity index (χ0n) is 17.7. The van der Waals surface area contributed by atoms with Gasteiger partial charge in [-0.15, -0.1) is 0 Å². The van der Waals surface area contributed by atoms with Crippen molar-refractivity contribution in [3.05, 3.63) is 22.3 Å². The molecule has 1 aromatic rings. The van der Waals surface area contributed by atoms with Crippen molar-refractivity contribution in [3.8, 4) is 11.5 Å². The Hall–Kier alpha value is -2.44. The molecule has 0 saturated carbocycles. The van der Waals surface area contributed by atoms with E-state index in [-0.39, 0.29) is 24.2 Å². The van der Waals surface area contributed by atoms with Crippen LogP contribution >= 0.6 is 0 Å². The number of phenolic OH excluding ortho intramolecular Hbond substituents is 1. The summed E-state index contributed by atoms with van der Waals surface area (Å²) >= 11 is 0. The summed E-state index contributed by atoms with van der Waals surface area (Å²) in [6.07, 6.45) is 1.81. The second-order valence-corrected chi connectivity index (χ2v) is 8.21. The first-order valence-corrected chi connectivity index (χ1v) is 9.73. The van der Waals surface area contributed by atoms with Gasteiger partial charge in [0.1, 0.15) is 22.5 Å². The average Bonchev–Trinajstić information content (AvgIpc) is 2.61. The smallest absolute Gasteiger partial charge is 0.313 e. The average molecular weight is 392 g/mol. The maximum Gasteiger partial charge on any atom is 0.313 e. The third kappa shape index (κ3) is 3.38. The Kier molecular flexibility index (Phi) is 5.87. The maximum atomic E-state index is 12.5. The summed E-state index contributed by atoms with van der Waals surface area (Å²) < 4.78 is 6.49. The summed E-state index contributed by atoms with van der Waals surface area (Å²) in [5.41, 5.74) is 12.2. The van der Waals surface area contributed by atoms with Gasteiger partial charge in [-0.1, -0.05) is 6.92 Å². The van der Waals surface area contributed by atoms with Crippen molar-refractivity contribution >= 4 is 11.9 Å². The van der Waals surface area contributed by atoms with Gasteiger partial charge in [-0.3, -0.25) is 9.79 Å². The molecular weight excluding hydrogens is 358 g/mol. The lowest BCUT2D eigenvalue weighted by molar-refractivity contribution is -0.168. The molecule has 2 rings (SSSR count). The molecule has 0 aliphatic carbocycles. The van der Waals surface area contributed by atoms with E-state index < -0.39 is 17.0 Å². The quantitative estimate of drug-likeness (QED) is 0.435. The Morgan fingerprint density at radius 3 is 2.39 bits per heavy atom. The Balaban J connectivity index is 2.57. The van der Waals surface area contributed by atoms with Gasteiger partial charge in [0.15, 0.2) is 5.96 Å². The monoisotopic (exact) mass is 391 g/mol. The SMILES string of the molecule is CCC(CC(C)N=C(N)N)(C(=O)O)C1(C)CCc2c(C)c(O)c(C)c(C)c2O1. The molecule has 0 aromatic heterocycles. The number of aliphatic imine (C=N–C) groups is 1. The largest absolute Gasteiger partial charge is 0.507 e. The first-order valence-electron chi connectivity index (χ1n) is 9.73. The number of aliphatic carboxylic acids is 1. The molecule has 0 amide bonds. The van der Waals surface area contributed by atoms with Crippen LogP contribution in [0, 0.1) is 26.2 Å². The van der Waals surface area contributed by atoms with Gasteiger partial charge in [0.05, 0.1) is 6.04 Å². The molecule has 28 heavy (non-hydrogen) atoms. The molecule has 1 aliphatic heterocycles. The molecular formula is C21H33N3O4. The van der Waals surface area contributed by atoms with Crippen LogP contribution in [0.4, 0.5) is 0 Å². The van der Waals surface area contributed by atoms with E-state index in [0.29, 0.717) is 25.0 Å². The highest BCUT2D eigenvalue weighted by Crippen LogP contribution is 2.51. The topological polar surface area (TPSA) is 131 Å². The number of nitrogens with zero attached hydrogens (tertiary/aromatic N) is 1. The second kappa shape index (κ2) is 7.53. The normalized spacial score (nSPS) is 21.8. The summed E-state index contributed by atoms with van der Waals surface area (Å²) in [6, 6.07) is -0.354. The van der Waals surface area contributed by atoms with Crippen molar-refractivity contribution in [2.45, 2.75) is 78.9 Å². The summed E-state index contributed by atoms with van der Waals surface area (Å²) in [5.74, 6) is 0.00364. The fourth-order valence-electron chi connectivity index (χ4n) is 4.59. The summed E-state index contributed by atoms with van der Waals surface area (Å²) in [4.78, 5) is 16.7. The minimum atomic E-state index is -1.16. The van der Waals surface area contributed by atoms with E-state index in [1.54, 1.807) is 0 Å². The van der Waals surface area contributed by atoms with Crippen LogP contribution in [-0.2, 0) is 11.2 Å². The highest BCUT2D eigenvalue weighted by Gasteiger charge is 2.56. The van der Waals surface area contributed by atoms with Gasteiger partial charge in [0, 0.05) is 5.56 Å². The number of carbonyl (C=O) groups is 1. The minimum Gasteiger partial charge on any atom is -0.507 e. The summed E-state index contributed by atoms with van der Waals surface area (Å²) in [6.45, 7) is 11.2. The van der Waals surface area contributed by atoms with Crippen LogP contribution in [0.5, 0.6) is 11.5 Å². The maximum absolute atomic E-state index is 12.5. The molecule has 3 unspecified atom stereocenters. The van der Waals surface area contributed by atoms with Crippen molar-refractivity contribution < 1.29 is 19.7 Å². The van der Waals surface area contributed by atoms with Crippen LogP contribution in [0.2, 0.25) is 0 Å². The number of ether oxygens (including phenoxy) is 1. The first kappa shape index (κ1) is 21.9. The van der Waals surface area contributed by atoms with Crippen molar-refractivity contribution in [1.82, 2.24) is 0 Å². The lowest BCUT2D eigenvalue weighted by Crippen LogP contribution is -2.57. The number of carboxylic acid groups (broad SMARTS) is 1. The summed E-state index contributed by atoms with van der Waals surface area (Å²) in [7, 11) is 0. The molecule has 0 radical (unpaired) electrons. The van der Waals surface area contributed by atoms with Crippen LogP contribution < -0.4 is 16.2 Å². The van der Waals surface area contributed by atoms with Crippen LogP contribution in [0.15, 0.2) is 4.99 Å². The number of hydrogen-bond acceptors (Lipinski definition) is 4. The van der Waals surface area contributed by atoms with E-state index in [9.17, 15) is 15.0 Å². The van der Waals surface area contributed by atoms with Crippen molar-refractivity contribution in [2.75, 3.05) is 0 Å². The first-order chi connectivity index (χ1) is 12.9. The number of rotatable bonds is 6. The molecule has 1 heterocycles. The number of fused-ring (bicyclic) bond motifs is 1. The zero-order chi connectivity index (χ0) is 21.4. The summed E-state index contributed by atoms with van der Waals surface area (Å²) in [5, 5.41) is 20.6. The Bertz CT molecular complexity index is 817. The Morgan fingerprint density at radius 1 is 1.29 bits per heavy atom. The number of aromatic hydroxyl groups is 1. The third-order valence-corrected chi connectivity index (χ3v) is 6.56. The third-order valence-electron chi connectivity index (χ3n) is 6.56. The van der Waals surface area contributed by atoms with Gasteiger partial charge in [-0.2, -0.15) is 0 Å². The standard InChI is InChI=1S/C21H33N3O4/c1-7-21(18(26)27,10-11(2)24-19(22)23)20(6)9-8-15-14(5)16(25)12(3)13(4)17(15)28-20/h11,25H,7-10H2,1-6H3,(H,26,27)(H4,22,23,24). The lowest BCUT2D eigenvalue weighted by Gasteiger charge is -2.49. The van der Waals surface area contributed by atoms with Crippen LogP contribution in [0.3, 0.4) is 0 Å².